The van der Waals surface area contributed by atoms with E-state index in [4.69, 9.17) is 4.42 Å². The highest BCUT2D eigenvalue weighted by molar-refractivity contribution is 5.90. The first-order valence-corrected chi connectivity index (χ1v) is 7.54. The second-order valence-corrected chi connectivity index (χ2v) is 5.45. The van der Waals surface area contributed by atoms with Gasteiger partial charge in [-0.1, -0.05) is 0 Å². The number of aromatic nitrogens is 4. The summed E-state index contributed by atoms with van der Waals surface area (Å²) in [6.45, 7) is 1.17. The van der Waals surface area contributed by atoms with Gasteiger partial charge in [0, 0.05) is 6.54 Å². The van der Waals surface area contributed by atoms with E-state index >= 15 is 0 Å². The highest BCUT2D eigenvalue weighted by Gasteiger charge is 2.33. The van der Waals surface area contributed by atoms with Crippen LogP contribution in [0.4, 0.5) is 5.82 Å². The molecule has 0 spiro atoms. The minimum Gasteiger partial charge on any atom is -0.467 e. The number of carbonyl (C=O) groups is 1. The highest BCUT2D eigenvalue weighted by atomic mass is 16.3. The van der Waals surface area contributed by atoms with Crippen molar-refractivity contribution in [1.29, 1.82) is 0 Å². The van der Waals surface area contributed by atoms with E-state index in [9.17, 15) is 4.79 Å². The Morgan fingerprint density at radius 1 is 1.43 bits per heavy atom. The Labute approximate surface area is 131 Å². The second kappa shape index (κ2) is 5.71. The van der Waals surface area contributed by atoms with Gasteiger partial charge < -0.3 is 19.6 Å². The molecule has 118 valence electrons. The first kappa shape index (κ1) is 13.7. The van der Waals surface area contributed by atoms with Gasteiger partial charge in [0.15, 0.2) is 11.5 Å². The predicted molar refractivity (Wildman–Crippen MR) is 82.6 cm³/mol. The summed E-state index contributed by atoms with van der Waals surface area (Å²) in [5, 5.41) is 2.93. The van der Waals surface area contributed by atoms with Crippen molar-refractivity contribution in [3.63, 3.8) is 0 Å². The molecule has 1 aliphatic heterocycles. The number of furan rings is 1. The fourth-order valence-corrected chi connectivity index (χ4v) is 2.97. The van der Waals surface area contributed by atoms with E-state index in [1.165, 1.54) is 6.33 Å². The third-order valence-corrected chi connectivity index (χ3v) is 4.05. The number of fused-ring (bicyclic) bond motifs is 1. The maximum atomic E-state index is 12.5. The van der Waals surface area contributed by atoms with Crippen LogP contribution < -0.4 is 10.2 Å². The topological polar surface area (TPSA) is 99.9 Å². The Hall–Kier alpha value is -2.90. The summed E-state index contributed by atoms with van der Waals surface area (Å²) in [7, 11) is 0. The van der Waals surface area contributed by atoms with Crippen molar-refractivity contribution in [2.75, 3.05) is 11.4 Å². The standard InChI is InChI=1S/C15H16N6O2/c22-15(16-7-10-3-2-6-23-10)11-4-1-5-21(11)14-12-13(18-8-17-12)19-9-20-14/h2-3,6,8-9,11H,1,4-5,7H2,(H,16,22)(H,17,18,19,20)/t11-/m0/s1. The fraction of sp³-hybridized carbons (Fsp3) is 0.333. The molecule has 4 heterocycles. The minimum atomic E-state index is -0.244. The quantitative estimate of drug-likeness (QED) is 0.751. The smallest absolute Gasteiger partial charge is 0.243 e. The lowest BCUT2D eigenvalue weighted by Crippen LogP contribution is -2.43. The van der Waals surface area contributed by atoms with Crippen LogP contribution in [0.1, 0.15) is 18.6 Å². The molecule has 1 saturated heterocycles. The van der Waals surface area contributed by atoms with E-state index in [1.54, 1.807) is 18.7 Å². The molecule has 1 fully saturated rings. The zero-order valence-electron chi connectivity index (χ0n) is 12.4. The van der Waals surface area contributed by atoms with Crippen molar-refractivity contribution in [1.82, 2.24) is 25.3 Å². The van der Waals surface area contributed by atoms with E-state index in [0.29, 0.717) is 12.2 Å². The molecular weight excluding hydrogens is 296 g/mol. The Morgan fingerprint density at radius 3 is 3.26 bits per heavy atom. The first-order chi connectivity index (χ1) is 11.3. The van der Waals surface area contributed by atoms with Gasteiger partial charge >= 0.3 is 0 Å². The Bertz CT molecular complexity index is 812. The van der Waals surface area contributed by atoms with Crippen molar-refractivity contribution in [3.8, 4) is 0 Å². The Balaban J connectivity index is 1.54. The van der Waals surface area contributed by atoms with Gasteiger partial charge in [0.2, 0.25) is 5.91 Å². The minimum absolute atomic E-state index is 0.0230. The Kier molecular flexibility index (Phi) is 3.41. The van der Waals surface area contributed by atoms with E-state index in [-0.39, 0.29) is 11.9 Å². The van der Waals surface area contributed by atoms with Crippen LogP contribution in [-0.2, 0) is 11.3 Å². The van der Waals surface area contributed by atoms with Gasteiger partial charge in [-0.15, -0.1) is 0 Å². The van der Waals surface area contributed by atoms with Gasteiger partial charge in [-0.25, -0.2) is 15.0 Å². The number of nitrogens with zero attached hydrogens (tertiary/aromatic N) is 4. The van der Waals surface area contributed by atoms with Crippen LogP contribution in [0.15, 0.2) is 35.5 Å². The van der Waals surface area contributed by atoms with Crippen LogP contribution in [0.3, 0.4) is 0 Å². The molecule has 0 saturated carbocycles. The van der Waals surface area contributed by atoms with Crippen molar-refractivity contribution < 1.29 is 9.21 Å². The fourth-order valence-electron chi connectivity index (χ4n) is 2.97. The lowest BCUT2D eigenvalue weighted by atomic mass is 10.2. The van der Waals surface area contributed by atoms with Gasteiger partial charge in [-0.05, 0) is 25.0 Å². The molecule has 8 nitrogen and oxygen atoms in total. The second-order valence-electron chi connectivity index (χ2n) is 5.45. The predicted octanol–water partition coefficient (Wildman–Crippen LogP) is 1.23. The number of imidazole rings is 1. The molecule has 3 aromatic rings. The molecule has 3 aromatic heterocycles. The van der Waals surface area contributed by atoms with Crippen LogP contribution in [0.5, 0.6) is 0 Å². The molecule has 0 aromatic carbocycles. The summed E-state index contributed by atoms with van der Waals surface area (Å²) in [6, 6.07) is 3.40. The molecule has 0 aliphatic carbocycles. The molecule has 1 amide bonds. The summed E-state index contributed by atoms with van der Waals surface area (Å²) < 4.78 is 5.24. The number of anilines is 1. The lowest BCUT2D eigenvalue weighted by molar-refractivity contribution is -0.122. The highest BCUT2D eigenvalue weighted by Crippen LogP contribution is 2.28. The van der Waals surface area contributed by atoms with Crippen LogP contribution in [0.2, 0.25) is 0 Å². The molecular formula is C15H16N6O2. The van der Waals surface area contributed by atoms with E-state index < -0.39 is 0 Å². The number of hydrogen-bond acceptors (Lipinski definition) is 6. The number of carbonyl (C=O) groups excluding carboxylic acids is 1. The van der Waals surface area contributed by atoms with Crippen molar-refractivity contribution in [3.05, 3.63) is 36.8 Å². The molecule has 2 N–H and O–H groups in total. The summed E-state index contributed by atoms with van der Waals surface area (Å²) >= 11 is 0. The van der Waals surface area contributed by atoms with Crippen molar-refractivity contribution >= 4 is 22.9 Å². The first-order valence-electron chi connectivity index (χ1n) is 7.54. The molecule has 4 rings (SSSR count). The average Bonchev–Trinajstić information content (AvgIpc) is 3.32. The SMILES string of the molecule is O=C(NCc1ccco1)[C@@H]1CCCN1c1ncnc2nc[nH]c12. The maximum absolute atomic E-state index is 12.5. The number of rotatable bonds is 4. The van der Waals surface area contributed by atoms with E-state index in [0.717, 1.165) is 36.5 Å². The molecule has 23 heavy (non-hydrogen) atoms. The number of aromatic amines is 1. The van der Waals surface area contributed by atoms with Gasteiger partial charge in [0.1, 0.15) is 23.6 Å². The molecule has 0 bridgehead atoms. The van der Waals surface area contributed by atoms with Gasteiger partial charge in [0.25, 0.3) is 0 Å². The average molecular weight is 312 g/mol. The van der Waals surface area contributed by atoms with Crippen LogP contribution in [0, 0.1) is 0 Å². The van der Waals surface area contributed by atoms with Crippen molar-refractivity contribution in [2.45, 2.75) is 25.4 Å². The summed E-state index contributed by atoms with van der Waals surface area (Å²) in [5.74, 6) is 1.44. The van der Waals surface area contributed by atoms with Gasteiger partial charge in [-0.3, -0.25) is 4.79 Å². The van der Waals surface area contributed by atoms with Crippen LogP contribution in [-0.4, -0.2) is 38.4 Å². The van der Waals surface area contributed by atoms with Crippen LogP contribution >= 0.6 is 0 Å². The zero-order valence-corrected chi connectivity index (χ0v) is 12.4. The van der Waals surface area contributed by atoms with E-state index in [2.05, 4.69) is 25.3 Å². The summed E-state index contributed by atoms with van der Waals surface area (Å²) in [5.41, 5.74) is 1.37. The molecule has 0 radical (unpaired) electrons. The maximum Gasteiger partial charge on any atom is 0.243 e. The molecule has 1 atom stereocenters. The van der Waals surface area contributed by atoms with Gasteiger partial charge in [-0.2, -0.15) is 0 Å². The largest absolute Gasteiger partial charge is 0.467 e. The van der Waals surface area contributed by atoms with Crippen LogP contribution in [0.25, 0.3) is 11.2 Å². The third kappa shape index (κ3) is 2.52. The molecule has 1 aliphatic rings. The number of nitrogens with one attached hydrogen (secondary N) is 2. The summed E-state index contributed by atoms with van der Waals surface area (Å²) in [4.78, 5) is 30.2. The zero-order chi connectivity index (χ0) is 15.6. The third-order valence-electron chi connectivity index (χ3n) is 4.05. The van der Waals surface area contributed by atoms with Crippen molar-refractivity contribution in [2.24, 2.45) is 0 Å². The van der Waals surface area contributed by atoms with E-state index in [1.807, 2.05) is 11.0 Å². The normalized spacial score (nSPS) is 17.7. The number of hydrogen-bond donors (Lipinski definition) is 2. The molecule has 0 unspecified atom stereocenters. The number of amides is 1. The lowest BCUT2D eigenvalue weighted by Gasteiger charge is -2.24. The van der Waals surface area contributed by atoms with Gasteiger partial charge in [0.05, 0.1) is 19.1 Å². The Morgan fingerprint density at radius 2 is 2.39 bits per heavy atom. The summed E-state index contributed by atoms with van der Waals surface area (Å²) in [6.07, 6.45) is 6.40. The number of H-pyrrole nitrogens is 1. The monoisotopic (exact) mass is 312 g/mol. The molecule has 8 heteroatoms.